The zero-order valence-electron chi connectivity index (χ0n) is 13.0. The monoisotopic (exact) mass is 313 g/mol. The Balaban J connectivity index is 1.73. The van der Waals surface area contributed by atoms with E-state index in [1.54, 1.807) is 16.5 Å². The Bertz CT molecular complexity index is 711. The number of hydrogen-bond donors (Lipinski definition) is 1. The summed E-state index contributed by atoms with van der Waals surface area (Å²) in [5.41, 5.74) is 2.69. The maximum absolute atomic E-state index is 12.3. The van der Waals surface area contributed by atoms with Crippen LogP contribution in [0.3, 0.4) is 0 Å². The molecule has 120 valence electrons. The third-order valence-corrected chi connectivity index (χ3v) is 3.89. The van der Waals surface area contributed by atoms with Gasteiger partial charge < -0.3 is 10.2 Å². The highest BCUT2D eigenvalue weighted by Crippen LogP contribution is 2.18. The summed E-state index contributed by atoms with van der Waals surface area (Å²) in [5.74, 6) is -0.00447. The first-order valence-electron chi connectivity index (χ1n) is 7.67. The molecule has 1 N–H and O–H groups in total. The molecular formula is C16H19N5O2. The SMILES string of the molecule is CCC(=O)NCc1nnn2c1CN(Cc1ccccc1)C(=O)C2. The molecule has 2 heterocycles. The van der Waals surface area contributed by atoms with Gasteiger partial charge in [0, 0.05) is 13.0 Å². The molecule has 0 atom stereocenters. The van der Waals surface area contributed by atoms with Gasteiger partial charge in [0.2, 0.25) is 11.8 Å². The topological polar surface area (TPSA) is 80.1 Å². The lowest BCUT2D eigenvalue weighted by Crippen LogP contribution is -2.39. The number of carbonyl (C=O) groups excluding carboxylic acids is 2. The second-order valence-corrected chi connectivity index (χ2v) is 5.51. The van der Waals surface area contributed by atoms with Crippen molar-refractivity contribution in [3.63, 3.8) is 0 Å². The quantitative estimate of drug-likeness (QED) is 0.887. The zero-order valence-corrected chi connectivity index (χ0v) is 13.0. The number of rotatable bonds is 5. The van der Waals surface area contributed by atoms with Gasteiger partial charge in [-0.15, -0.1) is 5.10 Å². The molecule has 0 spiro atoms. The molecule has 0 aliphatic carbocycles. The first-order valence-corrected chi connectivity index (χ1v) is 7.67. The van der Waals surface area contributed by atoms with Crippen molar-refractivity contribution in [2.45, 2.75) is 39.5 Å². The summed E-state index contributed by atoms with van der Waals surface area (Å²) in [7, 11) is 0. The summed E-state index contributed by atoms with van der Waals surface area (Å²) < 4.78 is 1.62. The third kappa shape index (κ3) is 3.39. The first-order chi connectivity index (χ1) is 11.2. The zero-order chi connectivity index (χ0) is 16.2. The van der Waals surface area contributed by atoms with Crippen molar-refractivity contribution in [1.82, 2.24) is 25.2 Å². The first kappa shape index (κ1) is 15.2. The van der Waals surface area contributed by atoms with Crippen LogP contribution in [0, 0.1) is 0 Å². The summed E-state index contributed by atoms with van der Waals surface area (Å²) in [5, 5.41) is 10.9. The van der Waals surface area contributed by atoms with Crippen LogP contribution >= 0.6 is 0 Å². The molecule has 1 aliphatic heterocycles. The minimum Gasteiger partial charge on any atom is -0.350 e. The molecule has 23 heavy (non-hydrogen) atoms. The molecule has 7 nitrogen and oxygen atoms in total. The number of carbonyl (C=O) groups is 2. The van der Waals surface area contributed by atoms with Crippen molar-refractivity contribution >= 4 is 11.8 Å². The van der Waals surface area contributed by atoms with Gasteiger partial charge in [-0.25, -0.2) is 4.68 Å². The van der Waals surface area contributed by atoms with E-state index in [2.05, 4.69) is 15.6 Å². The average Bonchev–Trinajstić information content (AvgIpc) is 2.95. The van der Waals surface area contributed by atoms with Gasteiger partial charge in [0.1, 0.15) is 12.2 Å². The molecular weight excluding hydrogens is 294 g/mol. The molecule has 0 fully saturated rings. The highest BCUT2D eigenvalue weighted by atomic mass is 16.2. The van der Waals surface area contributed by atoms with E-state index < -0.39 is 0 Å². The Morgan fingerprint density at radius 1 is 1.26 bits per heavy atom. The van der Waals surface area contributed by atoms with Crippen molar-refractivity contribution in [2.75, 3.05) is 0 Å². The summed E-state index contributed by atoms with van der Waals surface area (Å²) >= 11 is 0. The van der Waals surface area contributed by atoms with Crippen LogP contribution in [0.1, 0.15) is 30.3 Å². The van der Waals surface area contributed by atoms with E-state index in [9.17, 15) is 9.59 Å². The van der Waals surface area contributed by atoms with Crippen LogP contribution in [0.2, 0.25) is 0 Å². The van der Waals surface area contributed by atoms with Gasteiger partial charge in [-0.2, -0.15) is 0 Å². The highest BCUT2D eigenvalue weighted by molar-refractivity contribution is 5.77. The molecule has 2 amide bonds. The van der Waals surface area contributed by atoms with E-state index in [0.717, 1.165) is 17.0 Å². The van der Waals surface area contributed by atoms with E-state index in [1.165, 1.54) is 0 Å². The standard InChI is InChI=1S/C16H19N5O2/c1-2-15(22)17-8-13-14-10-20(9-12-6-4-3-5-7-12)16(23)11-21(14)19-18-13/h3-7H,2,8-11H2,1H3,(H,17,22). The molecule has 1 aliphatic rings. The number of hydrogen-bond acceptors (Lipinski definition) is 4. The van der Waals surface area contributed by atoms with Gasteiger partial charge >= 0.3 is 0 Å². The molecule has 0 saturated carbocycles. The molecule has 0 bridgehead atoms. The Labute approximate surface area is 134 Å². The van der Waals surface area contributed by atoms with Crippen molar-refractivity contribution in [3.8, 4) is 0 Å². The van der Waals surface area contributed by atoms with Crippen LogP contribution in [0.15, 0.2) is 30.3 Å². The third-order valence-electron chi connectivity index (χ3n) is 3.89. The number of benzene rings is 1. The lowest BCUT2D eigenvalue weighted by molar-refractivity contribution is -0.135. The fourth-order valence-electron chi connectivity index (χ4n) is 2.56. The molecule has 2 aromatic rings. The predicted molar refractivity (Wildman–Crippen MR) is 82.9 cm³/mol. The van der Waals surface area contributed by atoms with Gasteiger partial charge in [0.15, 0.2) is 0 Å². The van der Waals surface area contributed by atoms with E-state index in [0.29, 0.717) is 26.1 Å². The second-order valence-electron chi connectivity index (χ2n) is 5.51. The number of amides is 2. The van der Waals surface area contributed by atoms with Gasteiger partial charge in [-0.1, -0.05) is 42.5 Å². The summed E-state index contributed by atoms with van der Waals surface area (Å²) in [6.45, 7) is 3.35. The molecule has 7 heteroatoms. The minimum atomic E-state index is -0.0280. The predicted octanol–water partition coefficient (Wildman–Crippen LogP) is 0.847. The van der Waals surface area contributed by atoms with E-state index >= 15 is 0 Å². The van der Waals surface area contributed by atoms with Crippen LogP contribution in [0.4, 0.5) is 0 Å². The van der Waals surface area contributed by atoms with Gasteiger partial charge in [0.25, 0.3) is 0 Å². The number of nitrogens with zero attached hydrogens (tertiary/aromatic N) is 4. The lowest BCUT2D eigenvalue weighted by atomic mass is 10.1. The Morgan fingerprint density at radius 2 is 2.04 bits per heavy atom. The minimum absolute atomic E-state index is 0.0235. The van der Waals surface area contributed by atoms with Crippen molar-refractivity contribution in [1.29, 1.82) is 0 Å². The van der Waals surface area contributed by atoms with E-state index in [-0.39, 0.29) is 18.4 Å². The van der Waals surface area contributed by atoms with E-state index in [1.807, 2.05) is 30.3 Å². The smallest absolute Gasteiger partial charge is 0.245 e. The fraction of sp³-hybridized carbons (Fsp3) is 0.375. The van der Waals surface area contributed by atoms with Crippen LogP contribution in [0.5, 0.6) is 0 Å². The van der Waals surface area contributed by atoms with Gasteiger partial charge in [0.05, 0.1) is 18.8 Å². The molecule has 3 rings (SSSR count). The number of nitrogens with one attached hydrogen (secondary N) is 1. The van der Waals surface area contributed by atoms with Crippen molar-refractivity contribution < 1.29 is 9.59 Å². The Kier molecular flexibility index (Phi) is 4.36. The number of aromatic nitrogens is 3. The van der Waals surface area contributed by atoms with Crippen LogP contribution < -0.4 is 5.32 Å². The molecule has 1 aromatic heterocycles. The molecule has 0 saturated heterocycles. The van der Waals surface area contributed by atoms with Gasteiger partial charge in [-0.05, 0) is 5.56 Å². The van der Waals surface area contributed by atoms with Crippen molar-refractivity contribution in [3.05, 3.63) is 47.3 Å². The summed E-state index contributed by atoms with van der Waals surface area (Å²) in [6, 6.07) is 9.87. The second kappa shape index (κ2) is 6.60. The Morgan fingerprint density at radius 3 is 2.78 bits per heavy atom. The number of fused-ring (bicyclic) bond motifs is 1. The highest BCUT2D eigenvalue weighted by Gasteiger charge is 2.27. The Hall–Kier alpha value is -2.70. The molecule has 0 radical (unpaired) electrons. The normalized spacial score (nSPS) is 13.8. The van der Waals surface area contributed by atoms with Crippen LogP contribution in [0.25, 0.3) is 0 Å². The maximum atomic E-state index is 12.3. The summed E-state index contributed by atoms with van der Waals surface area (Å²) in [4.78, 5) is 25.4. The van der Waals surface area contributed by atoms with Gasteiger partial charge in [-0.3, -0.25) is 9.59 Å². The fourth-order valence-corrected chi connectivity index (χ4v) is 2.56. The summed E-state index contributed by atoms with van der Waals surface area (Å²) in [6.07, 6.45) is 0.433. The maximum Gasteiger partial charge on any atom is 0.245 e. The largest absolute Gasteiger partial charge is 0.350 e. The van der Waals surface area contributed by atoms with E-state index in [4.69, 9.17) is 0 Å². The van der Waals surface area contributed by atoms with Crippen molar-refractivity contribution in [2.24, 2.45) is 0 Å². The molecule has 0 unspecified atom stereocenters. The van der Waals surface area contributed by atoms with Crippen LogP contribution in [-0.4, -0.2) is 31.7 Å². The van der Waals surface area contributed by atoms with Crippen LogP contribution in [-0.2, 0) is 35.8 Å². The lowest BCUT2D eigenvalue weighted by Gasteiger charge is -2.27. The average molecular weight is 313 g/mol. The molecule has 1 aromatic carbocycles.